The summed E-state index contributed by atoms with van der Waals surface area (Å²) < 4.78 is 28.7. The molecule has 5 nitrogen and oxygen atoms in total. The molecule has 0 aliphatic carbocycles. The van der Waals surface area contributed by atoms with E-state index in [2.05, 4.69) is 5.32 Å². The molecule has 1 fully saturated rings. The van der Waals surface area contributed by atoms with Crippen LogP contribution in [0.5, 0.6) is 0 Å². The van der Waals surface area contributed by atoms with Crippen LogP contribution in [0.15, 0.2) is 46.9 Å². The summed E-state index contributed by atoms with van der Waals surface area (Å²) in [6.45, 7) is 0. The average Bonchev–Trinajstić information content (AvgIpc) is 3.09. The van der Waals surface area contributed by atoms with Crippen LogP contribution in [-0.2, 0) is 21.1 Å². The fraction of sp³-hybridized carbons (Fsp3) is 0.278. The molecule has 0 bridgehead atoms. The first-order valence-electron chi connectivity index (χ1n) is 7.90. The Kier molecular flexibility index (Phi) is 3.57. The highest BCUT2D eigenvalue weighted by atomic mass is 32.2. The first kappa shape index (κ1) is 15.2. The number of hydrogen-bond donors (Lipinski definition) is 1. The number of carbonyl (C=O) groups excluding carboxylic acids is 1. The summed E-state index contributed by atoms with van der Waals surface area (Å²) >= 11 is 0. The predicted molar refractivity (Wildman–Crippen MR) is 92.6 cm³/mol. The normalized spacial score (nSPS) is 19.8. The number of furan rings is 1. The SMILES string of the molecule is O=C(Cc1cc2c(ccc3ccccc32)o1)NC1CCS(=O)(=O)C1. The number of nitrogens with one attached hydrogen (secondary N) is 1. The highest BCUT2D eigenvalue weighted by Gasteiger charge is 2.29. The van der Waals surface area contributed by atoms with Gasteiger partial charge in [0.25, 0.3) is 0 Å². The molecule has 24 heavy (non-hydrogen) atoms. The molecule has 124 valence electrons. The van der Waals surface area contributed by atoms with Crippen LogP contribution in [0.25, 0.3) is 21.7 Å². The third-order valence-corrected chi connectivity index (χ3v) is 6.18. The van der Waals surface area contributed by atoms with E-state index in [1.165, 1.54) is 0 Å². The summed E-state index contributed by atoms with van der Waals surface area (Å²) in [5.74, 6) is 0.554. The lowest BCUT2D eigenvalue weighted by molar-refractivity contribution is -0.121. The topological polar surface area (TPSA) is 76.4 Å². The predicted octanol–water partition coefficient (Wildman–Crippen LogP) is 2.43. The molecule has 1 N–H and O–H groups in total. The molecule has 2 heterocycles. The van der Waals surface area contributed by atoms with E-state index < -0.39 is 9.84 Å². The highest BCUT2D eigenvalue weighted by Crippen LogP contribution is 2.28. The van der Waals surface area contributed by atoms with Crippen molar-refractivity contribution in [1.82, 2.24) is 5.32 Å². The summed E-state index contributed by atoms with van der Waals surface area (Å²) in [7, 11) is -3.00. The second-order valence-corrected chi connectivity index (χ2v) is 8.48. The lowest BCUT2D eigenvalue weighted by atomic mass is 10.1. The number of carbonyl (C=O) groups is 1. The van der Waals surface area contributed by atoms with Crippen molar-refractivity contribution in [2.24, 2.45) is 0 Å². The maximum absolute atomic E-state index is 12.2. The molecular formula is C18H17NO4S. The number of rotatable bonds is 3. The minimum absolute atomic E-state index is 0.0313. The van der Waals surface area contributed by atoms with E-state index in [4.69, 9.17) is 4.42 Å². The number of fused-ring (bicyclic) bond motifs is 3. The zero-order chi connectivity index (χ0) is 16.7. The van der Waals surface area contributed by atoms with Gasteiger partial charge >= 0.3 is 0 Å². The van der Waals surface area contributed by atoms with E-state index in [1.54, 1.807) is 0 Å². The first-order chi connectivity index (χ1) is 11.5. The van der Waals surface area contributed by atoms with Crippen molar-refractivity contribution in [3.05, 3.63) is 48.2 Å². The number of hydrogen-bond acceptors (Lipinski definition) is 4. The molecule has 1 amide bonds. The van der Waals surface area contributed by atoms with E-state index in [0.717, 1.165) is 21.7 Å². The van der Waals surface area contributed by atoms with Crippen LogP contribution in [0.4, 0.5) is 0 Å². The Morgan fingerprint density at radius 2 is 2.00 bits per heavy atom. The number of benzene rings is 2. The average molecular weight is 343 g/mol. The molecule has 0 spiro atoms. The van der Waals surface area contributed by atoms with Gasteiger partial charge in [-0.25, -0.2) is 8.42 Å². The monoisotopic (exact) mass is 343 g/mol. The first-order valence-corrected chi connectivity index (χ1v) is 9.72. The molecular weight excluding hydrogens is 326 g/mol. The quantitative estimate of drug-likeness (QED) is 0.792. The number of amides is 1. The zero-order valence-electron chi connectivity index (χ0n) is 13.0. The summed E-state index contributed by atoms with van der Waals surface area (Å²) in [5.41, 5.74) is 0.750. The third kappa shape index (κ3) is 2.89. The summed E-state index contributed by atoms with van der Waals surface area (Å²) in [6, 6.07) is 13.5. The van der Waals surface area contributed by atoms with Crippen LogP contribution in [-0.4, -0.2) is 31.9 Å². The third-order valence-electron chi connectivity index (χ3n) is 4.41. The highest BCUT2D eigenvalue weighted by molar-refractivity contribution is 7.91. The van der Waals surface area contributed by atoms with Gasteiger partial charge in [0.05, 0.1) is 17.9 Å². The molecule has 1 atom stereocenters. The summed E-state index contributed by atoms with van der Waals surface area (Å²) in [4.78, 5) is 12.2. The molecule has 6 heteroatoms. The molecule has 4 rings (SSSR count). The fourth-order valence-electron chi connectivity index (χ4n) is 3.28. The molecule has 0 radical (unpaired) electrons. The van der Waals surface area contributed by atoms with Crippen molar-refractivity contribution in [2.45, 2.75) is 18.9 Å². The van der Waals surface area contributed by atoms with Crippen molar-refractivity contribution < 1.29 is 17.6 Å². The van der Waals surface area contributed by atoms with Crippen molar-refractivity contribution in [3.63, 3.8) is 0 Å². The largest absolute Gasteiger partial charge is 0.461 e. The van der Waals surface area contributed by atoms with Crippen LogP contribution >= 0.6 is 0 Å². The molecule has 1 unspecified atom stereocenters. The van der Waals surface area contributed by atoms with Gasteiger partial charge < -0.3 is 9.73 Å². The minimum Gasteiger partial charge on any atom is -0.461 e. The maximum atomic E-state index is 12.2. The van der Waals surface area contributed by atoms with E-state index in [0.29, 0.717) is 12.2 Å². The van der Waals surface area contributed by atoms with Crippen molar-refractivity contribution in [1.29, 1.82) is 0 Å². The minimum atomic E-state index is -3.00. The van der Waals surface area contributed by atoms with E-state index in [1.807, 2.05) is 42.5 Å². The Bertz CT molecular complexity index is 1040. The fourth-order valence-corrected chi connectivity index (χ4v) is 4.95. The Balaban J connectivity index is 1.54. The van der Waals surface area contributed by atoms with Crippen molar-refractivity contribution in [2.75, 3.05) is 11.5 Å². The molecule has 1 aliphatic rings. The summed E-state index contributed by atoms with van der Waals surface area (Å²) in [5, 5.41) is 5.99. The van der Waals surface area contributed by atoms with E-state index in [9.17, 15) is 13.2 Å². The molecule has 2 aromatic carbocycles. The van der Waals surface area contributed by atoms with Gasteiger partial charge in [-0.3, -0.25) is 4.79 Å². The lowest BCUT2D eigenvalue weighted by Gasteiger charge is -2.09. The second-order valence-electron chi connectivity index (χ2n) is 6.26. The van der Waals surface area contributed by atoms with Crippen molar-refractivity contribution >= 4 is 37.5 Å². The molecule has 0 saturated carbocycles. The van der Waals surface area contributed by atoms with Gasteiger partial charge in [0.2, 0.25) is 5.91 Å². The van der Waals surface area contributed by atoms with Gasteiger partial charge in [-0.15, -0.1) is 0 Å². The van der Waals surface area contributed by atoms with E-state index >= 15 is 0 Å². The molecule has 1 aromatic heterocycles. The Hall–Kier alpha value is -2.34. The lowest BCUT2D eigenvalue weighted by Crippen LogP contribution is -2.36. The molecule has 3 aromatic rings. The molecule has 1 saturated heterocycles. The van der Waals surface area contributed by atoms with Gasteiger partial charge in [-0.2, -0.15) is 0 Å². The van der Waals surface area contributed by atoms with E-state index in [-0.39, 0.29) is 29.9 Å². The Morgan fingerprint density at radius 3 is 2.79 bits per heavy atom. The van der Waals surface area contributed by atoms with Crippen LogP contribution in [0, 0.1) is 0 Å². The molecule has 1 aliphatic heterocycles. The van der Waals surface area contributed by atoms with Gasteiger partial charge in [0.1, 0.15) is 11.3 Å². The van der Waals surface area contributed by atoms with Crippen LogP contribution in [0.3, 0.4) is 0 Å². The smallest absolute Gasteiger partial charge is 0.227 e. The standard InChI is InChI=1S/C18H17NO4S/c20-18(19-13-7-8-24(21,22)11-13)10-14-9-16-15-4-2-1-3-12(15)5-6-17(16)23-14/h1-6,9,13H,7-8,10-11H2,(H,19,20). The second kappa shape index (κ2) is 5.63. The Labute approximate surface area is 139 Å². The van der Waals surface area contributed by atoms with Crippen LogP contribution < -0.4 is 5.32 Å². The summed E-state index contributed by atoms with van der Waals surface area (Å²) in [6.07, 6.45) is 0.596. The van der Waals surface area contributed by atoms with Gasteiger partial charge in [-0.1, -0.05) is 30.3 Å². The van der Waals surface area contributed by atoms with Gasteiger partial charge in [0.15, 0.2) is 9.84 Å². The number of sulfone groups is 1. The van der Waals surface area contributed by atoms with Gasteiger partial charge in [-0.05, 0) is 29.3 Å². The Morgan fingerprint density at radius 1 is 1.17 bits per heavy atom. The van der Waals surface area contributed by atoms with Crippen LogP contribution in [0.1, 0.15) is 12.2 Å². The zero-order valence-corrected chi connectivity index (χ0v) is 13.8. The van der Waals surface area contributed by atoms with Crippen molar-refractivity contribution in [3.8, 4) is 0 Å². The maximum Gasteiger partial charge on any atom is 0.227 e. The van der Waals surface area contributed by atoms with Gasteiger partial charge in [0, 0.05) is 11.4 Å². The van der Waals surface area contributed by atoms with Crippen LogP contribution in [0.2, 0.25) is 0 Å².